The van der Waals surface area contributed by atoms with Gasteiger partial charge in [-0.05, 0) is 51.2 Å². The summed E-state index contributed by atoms with van der Waals surface area (Å²) in [7, 11) is 0. The number of carbonyl (C=O) groups is 1. The Morgan fingerprint density at radius 1 is 1.00 bits per heavy atom. The summed E-state index contributed by atoms with van der Waals surface area (Å²) in [5.74, 6) is 0.233. The lowest BCUT2D eigenvalue weighted by molar-refractivity contribution is 0.209. The number of fused-ring (bicyclic) bond motifs is 2. The van der Waals surface area contributed by atoms with E-state index in [4.69, 9.17) is 5.11 Å². The Hall–Kier alpha value is -2.55. The molecule has 0 saturated carbocycles. The highest BCUT2D eigenvalue weighted by molar-refractivity contribution is 6.02. The summed E-state index contributed by atoms with van der Waals surface area (Å²) in [5.41, 5.74) is 1.71. The van der Waals surface area contributed by atoms with Gasteiger partial charge in [-0.15, -0.1) is 0 Å². The van der Waals surface area contributed by atoms with Gasteiger partial charge in [-0.1, -0.05) is 44.2 Å². The molecule has 3 rings (SSSR count). The summed E-state index contributed by atoms with van der Waals surface area (Å²) >= 11 is 0. The smallest absolute Gasteiger partial charge is 0.409 e. The Balaban J connectivity index is 2.35. The molecule has 0 aromatic heterocycles. The maximum atomic E-state index is 11.0. The number of carboxylic acid groups (broad SMARTS) is 1. The third kappa shape index (κ3) is 2.42. The fourth-order valence-corrected chi connectivity index (χ4v) is 2.88. The van der Waals surface area contributed by atoms with Gasteiger partial charge in [0.2, 0.25) is 0 Å². The number of nitrogens with one attached hydrogen (secondary N) is 1. The van der Waals surface area contributed by atoms with Crippen LogP contribution in [0.5, 0.6) is 0 Å². The van der Waals surface area contributed by atoms with E-state index in [1.54, 1.807) is 0 Å². The summed E-state index contributed by atoms with van der Waals surface area (Å²) in [5, 5.41) is 16.1. The highest BCUT2D eigenvalue weighted by atomic mass is 16.4. The number of anilines is 1. The maximum Gasteiger partial charge on any atom is 0.409 e. The average Bonchev–Trinajstić information content (AvgIpc) is 2.44. The zero-order valence-electron chi connectivity index (χ0n) is 12.1. The largest absolute Gasteiger partial charge is 0.465 e. The lowest BCUT2D eigenvalue weighted by atomic mass is 9.92. The fraction of sp³-hybridized carbons (Fsp3) is 0.167. The van der Waals surface area contributed by atoms with Gasteiger partial charge in [0.05, 0.1) is 0 Å². The van der Waals surface area contributed by atoms with Gasteiger partial charge in [-0.2, -0.15) is 0 Å². The van der Waals surface area contributed by atoms with Crippen LogP contribution in [0, 0.1) is 0 Å². The number of hydrogen-bond donors (Lipinski definition) is 2. The molecule has 0 spiro atoms. The first-order valence-electron chi connectivity index (χ1n) is 7.01. The minimum Gasteiger partial charge on any atom is -0.465 e. The van der Waals surface area contributed by atoms with Crippen LogP contribution >= 0.6 is 0 Å². The first-order valence-corrected chi connectivity index (χ1v) is 7.01. The lowest BCUT2D eigenvalue weighted by Gasteiger charge is -2.16. The van der Waals surface area contributed by atoms with Gasteiger partial charge >= 0.3 is 6.09 Å². The fourth-order valence-electron chi connectivity index (χ4n) is 2.88. The Labute approximate surface area is 123 Å². The van der Waals surface area contributed by atoms with Gasteiger partial charge in [0.25, 0.3) is 0 Å². The van der Waals surface area contributed by atoms with Crippen molar-refractivity contribution in [3.63, 3.8) is 0 Å². The zero-order valence-corrected chi connectivity index (χ0v) is 12.1. The Kier molecular flexibility index (Phi) is 3.26. The molecule has 0 atom stereocenters. The second kappa shape index (κ2) is 5.09. The average molecular weight is 279 g/mol. The van der Waals surface area contributed by atoms with Crippen LogP contribution in [0.25, 0.3) is 21.5 Å². The molecule has 0 unspecified atom stereocenters. The van der Waals surface area contributed by atoms with Crippen LogP contribution in [0.2, 0.25) is 0 Å². The molecule has 21 heavy (non-hydrogen) atoms. The van der Waals surface area contributed by atoms with E-state index in [-0.39, 0.29) is 5.92 Å². The molecule has 3 aromatic carbocycles. The van der Waals surface area contributed by atoms with Crippen molar-refractivity contribution < 1.29 is 9.90 Å². The molecular formula is C18H17NO2. The molecule has 0 fully saturated rings. The summed E-state index contributed by atoms with van der Waals surface area (Å²) < 4.78 is 0. The quantitative estimate of drug-likeness (QED) is 0.633. The lowest BCUT2D eigenvalue weighted by Crippen LogP contribution is -2.10. The van der Waals surface area contributed by atoms with E-state index in [1.807, 2.05) is 24.3 Å². The summed E-state index contributed by atoms with van der Waals surface area (Å²) in [4.78, 5) is 11.0. The van der Waals surface area contributed by atoms with E-state index < -0.39 is 6.09 Å². The van der Waals surface area contributed by atoms with Crippen molar-refractivity contribution in [1.82, 2.24) is 0 Å². The molecule has 3 aromatic rings. The van der Waals surface area contributed by atoms with Crippen molar-refractivity contribution in [3.05, 3.63) is 54.1 Å². The van der Waals surface area contributed by atoms with Crippen LogP contribution in [0.3, 0.4) is 0 Å². The van der Waals surface area contributed by atoms with Crippen LogP contribution in [-0.2, 0) is 0 Å². The number of amides is 1. The molecule has 0 aliphatic heterocycles. The molecule has 0 aliphatic carbocycles. The Morgan fingerprint density at radius 2 is 1.67 bits per heavy atom. The molecule has 3 nitrogen and oxygen atoms in total. The van der Waals surface area contributed by atoms with Crippen molar-refractivity contribution in [2.45, 2.75) is 19.8 Å². The van der Waals surface area contributed by atoms with Crippen molar-refractivity contribution in [2.24, 2.45) is 0 Å². The highest BCUT2D eigenvalue weighted by Gasteiger charge is 2.13. The third-order valence-corrected chi connectivity index (χ3v) is 3.75. The summed E-state index contributed by atoms with van der Waals surface area (Å²) in [6, 6.07) is 16.3. The molecule has 2 N–H and O–H groups in total. The maximum absolute atomic E-state index is 11.0. The van der Waals surface area contributed by atoms with Crippen molar-refractivity contribution >= 4 is 33.3 Å². The van der Waals surface area contributed by atoms with E-state index in [1.165, 1.54) is 10.8 Å². The molecule has 0 bridgehead atoms. The SMILES string of the molecule is CC(C)c1c(NC(=O)O)ccc2cc3ccccc3cc12. The molecule has 0 aliphatic rings. The highest BCUT2D eigenvalue weighted by Crippen LogP contribution is 2.34. The molecule has 0 saturated heterocycles. The van der Waals surface area contributed by atoms with Gasteiger partial charge in [-0.25, -0.2) is 4.79 Å². The Bertz CT molecular complexity index is 837. The van der Waals surface area contributed by atoms with E-state index in [0.29, 0.717) is 5.69 Å². The van der Waals surface area contributed by atoms with Crippen LogP contribution in [0.1, 0.15) is 25.3 Å². The zero-order chi connectivity index (χ0) is 15.0. The second-order valence-electron chi connectivity index (χ2n) is 5.53. The molecule has 0 radical (unpaired) electrons. The van der Waals surface area contributed by atoms with Gasteiger partial charge in [0.1, 0.15) is 0 Å². The number of rotatable bonds is 2. The molecular weight excluding hydrogens is 262 g/mol. The molecule has 1 amide bonds. The first-order chi connectivity index (χ1) is 10.1. The van der Waals surface area contributed by atoms with Crippen LogP contribution in [-0.4, -0.2) is 11.2 Å². The molecule has 3 heteroatoms. The monoisotopic (exact) mass is 279 g/mol. The summed E-state index contributed by atoms with van der Waals surface area (Å²) in [6.07, 6.45) is -1.03. The molecule has 0 heterocycles. The minimum absolute atomic E-state index is 0.233. The van der Waals surface area contributed by atoms with E-state index in [9.17, 15) is 4.79 Å². The van der Waals surface area contributed by atoms with Gasteiger partial charge in [0, 0.05) is 5.69 Å². The standard InChI is InChI=1S/C18H17NO2/c1-11(2)17-15-10-13-6-4-3-5-12(13)9-14(15)7-8-16(17)19-18(20)21/h3-11,19H,1-2H3,(H,20,21). The van der Waals surface area contributed by atoms with Crippen molar-refractivity contribution in [1.29, 1.82) is 0 Å². The van der Waals surface area contributed by atoms with Gasteiger partial charge < -0.3 is 5.11 Å². The minimum atomic E-state index is -1.03. The van der Waals surface area contributed by atoms with E-state index >= 15 is 0 Å². The van der Waals surface area contributed by atoms with Gasteiger partial charge in [0.15, 0.2) is 0 Å². The van der Waals surface area contributed by atoms with E-state index in [2.05, 4.69) is 43.4 Å². The number of benzene rings is 3. The van der Waals surface area contributed by atoms with Gasteiger partial charge in [-0.3, -0.25) is 5.32 Å². The normalized spacial score (nSPS) is 11.2. The third-order valence-electron chi connectivity index (χ3n) is 3.75. The predicted octanol–water partition coefficient (Wildman–Crippen LogP) is 5.21. The first kappa shape index (κ1) is 13.4. The number of hydrogen-bond acceptors (Lipinski definition) is 1. The van der Waals surface area contributed by atoms with Crippen molar-refractivity contribution in [2.75, 3.05) is 5.32 Å². The van der Waals surface area contributed by atoms with Crippen LogP contribution in [0.15, 0.2) is 48.5 Å². The topological polar surface area (TPSA) is 49.3 Å². The summed E-state index contributed by atoms with van der Waals surface area (Å²) in [6.45, 7) is 4.16. The molecule has 106 valence electrons. The predicted molar refractivity (Wildman–Crippen MR) is 87.2 cm³/mol. The van der Waals surface area contributed by atoms with Crippen LogP contribution in [0.4, 0.5) is 10.5 Å². The van der Waals surface area contributed by atoms with Crippen molar-refractivity contribution in [3.8, 4) is 0 Å². The van der Waals surface area contributed by atoms with E-state index in [0.717, 1.165) is 16.3 Å². The van der Waals surface area contributed by atoms with Crippen LogP contribution < -0.4 is 5.32 Å². The second-order valence-corrected chi connectivity index (χ2v) is 5.53. The Morgan fingerprint density at radius 3 is 2.29 bits per heavy atom.